The highest BCUT2D eigenvalue weighted by atomic mass is 35.5. The van der Waals surface area contributed by atoms with Crippen LogP contribution in [0.4, 0.5) is 70.8 Å². The maximum absolute atomic E-state index is 13.4. The number of aryl methyl sites for hydroxylation is 2. The zero-order valence-electron chi connectivity index (χ0n) is 63.1. The Balaban J connectivity index is 0.000000329. The second-order valence-electron chi connectivity index (χ2n) is 26.7. The Labute approximate surface area is 654 Å². The van der Waals surface area contributed by atoms with Crippen molar-refractivity contribution in [2.75, 3.05) is 83.4 Å². The number of alkyl halides is 8. The van der Waals surface area contributed by atoms with Crippen LogP contribution in [0.25, 0.3) is 0 Å². The first-order valence-corrected chi connectivity index (χ1v) is 36.6. The van der Waals surface area contributed by atoms with E-state index in [2.05, 4.69) is 96.5 Å². The molecule has 4 aliphatic rings. The number of carbonyl (C=O) groups is 8. The molecular formula is C74H96Cl2F6N16O14. The highest BCUT2D eigenvalue weighted by Gasteiger charge is 2.38. The number of rotatable bonds is 22. The molecule has 30 nitrogen and oxygen atoms in total. The third-order valence-corrected chi connectivity index (χ3v) is 17.1. The number of hydrogen-bond acceptors (Lipinski definition) is 23. The monoisotopic (exact) mass is 1620 g/mol. The van der Waals surface area contributed by atoms with Gasteiger partial charge >= 0.3 is 42.9 Å². The summed E-state index contributed by atoms with van der Waals surface area (Å²) < 4.78 is 76.8. The van der Waals surface area contributed by atoms with Crippen LogP contribution in [-0.2, 0) is 69.0 Å². The van der Waals surface area contributed by atoms with Gasteiger partial charge in [-0.2, -0.15) is 26.3 Å². The maximum Gasteiger partial charge on any atom is 0.490 e. The molecule has 4 atom stereocenters. The fourth-order valence-corrected chi connectivity index (χ4v) is 11.6. The van der Waals surface area contributed by atoms with Crippen LogP contribution in [0, 0.1) is 13.8 Å². The standard InChI is InChI=1S/C36H48N8O5.C32H40N8O5.C2H4Cl2.C2HF3O2.CHF3.CH2O2/c1-23-30(39-22-40-32(23)44-18-15-26(16-19-44)28-14-13-27-12-9-17-37-31(27)42-28)38-20-29(33(45)41-24(2)34(46)49-36(3,4)5)43-35(47)48-21-25-10-7-6-8-11-25;1-20-27(34-17-26(30(41)37-21(2)31(42)43)39-32(44)45-18-22-7-4-3-5-8-22)35-19-36-29(20)40-15-12-23(13-16-40)25-11-10-24-9-6-14-33-28(24)38-25;1-2(3)4;3-2(4,5)1(6)7;2-1(3)4;2-1-3/h6-8,10-11,13-14,22,24,26,29H,9,12,15-21H2,1-5H3,(H,37,42)(H,41,45)(H,43,47)(H,38,39,40);3-5,7-8,10-11,19,21,23,26H,6,9,12-18H2,1-2H3,(H,33,38)(H,37,41)(H,39,44)(H,42,43)(H,34,35,36);2H,1H3;(H,6,7);1H;1H,(H,2,3)/t24-,29-;21-,26-;;;;/m00..../s1. The summed E-state index contributed by atoms with van der Waals surface area (Å²) in [6.07, 6.45) is 4.49. The number of aliphatic carboxylic acids is 2. The summed E-state index contributed by atoms with van der Waals surface area (Å²) in [5, 5.41) is 46.7. The van der Waals surface area contributed by atoms with Gasteiger partial charge in [0.1, 0.15) is 95.4 Å². The SMILES string of the molecule is CC(Cl)Cl.Cc1c(NC[C@H](NC(=O)OCc2ccccc2)C(=O)N[C@@H](C)C(=O)O)ncnc1N1CCC(c2ccc3c(n2)NCCC3)CC1.Cc1c(NC[C@H](NC(=O)OCc2ccccc2)C(=O)N[C@@H](C)C(=O)OC(C)(C)C)ncnc1N1CCC(c2ccc3c(n2)NCCC3)CC1.FC(F)F.O=C(O)C(F)(F)F.O=CO. The second-order valence-corrected chi connectivity index (χ2v) is 28.2. The third kappa shape index (κ3) is 32.3. The van der Waals surface area contributed by atoms with E-state index < -0.39 is 84.5 Å². The van der Waals surface area contributed by atoms with Crippen molar-refractivity contribution in [1.29, 1.82) is 0 Å². The lowest BCUT2D eigenvalue weighted by Crippen LogP contribution is -2.54. The van der Waals surface area contributed by atoms with Crippen molar-refractivity contribution in [2.24, 2.45) is 0 Å². The highest BCUT2D eigenvalue weighted by Crippen LogP contribution is 2.35. The molecule has 38 heteroatoms. The molecule has 4 aromatic heterocycles. The molecule has 0 saturated carbocycles. The molecule has 11 N–H and O–H groups in total. The summed E-state index contributed by atoms with van der Waals surface area (Å²) in [7, 11) is 0. The normalized spacial score (nSPS) is 14.9. The van der Waals surface area contributed by atoms with Crippen LogP contribution in [0.2, 0.25) is 0 Å². The molecular weight excluding hydrogens is 1520 g/mol. The Morgan fingerprint density at radius 3 is 1.29 bits per heavy atom. The molecule has 0 unspecified atom stereocenters. The van der Waals surface area contributed by atoms with Crippen LogP contribution in [-0.4, -0.2) is 193 Å². The number of carboxylic acid groups (broad SMARTS) is 3. The van der Waals surface area contributed by atoms with E-state index in [0.717, 1.165) is 148 Å². The molecule has 612 valence electrons. The average Bonchev–Trinajstić information content (AvgIpc) is 0.810. The summed E-state index contributed by atoms with van der Waals surface area (Å²) in [5.41, 5.74) is 7.34. The summed E-state index contributed by atoms with van der Waals surface area (Å²) in [6.45, 7) is 14.9. The van der Waals surface area contributed by atoms with Gasteiger partial charge in [0.2, 0.25) is 11.8 Å². The Morgan fingerprint density at radius 1 is 0.598 bits per heavy atom. The number of alkyl carbamates (subject to hydrolysis) is 2. The van der Waals surface area contributed by atoms with E-state index in [9.17, 15) is 60.2 Å². The first-order valence-electron chi connectivity index (χ1n) is 35.7. The molecule has 0 radical (unpaired) electrons. The number of nitrogens with zero attached hydrogens (tertiary/aromatic N) is 8. The van der Waals surface area contributed by atoms with Gasteiger partial charge in [-0.1, -0.05) is 72.8 Å². The number of piperidine rings is 2. The molecule has 4 amide bonds. The quantitative estimate of drug-likeness (QED) is 0.00988. The Bertz CT molecular complexity index is 3990. The number of carbonyl (C=O) groups excluding carboxylic acids is 5. The molecule has 112 heavy (non-hydrogen) atoms. The minimum absolute atomic E-state index is 0.0183. The summed E-state index contributed by atoms with van der Waals surface area (Å²) in [4.78, 5) is 125. The van der Waals surface area contributed by atoms with Crippen molar-refractivity contribution in [3.05, 3.63) is 142 Å². The van der Waals surface area contributed by atoms with Crippen molar-refractivity contribution in [2.45, 2.75) is 179 Å². The van der Waals surface area contributed by atoms with Gasteiger partial charge in [-0.25, -0.2) is 49.1 Å². The number of pyridine rings is 2. The number of halogens is 8. The van der Waals surface area contributed by atoms with E-state index in [1.165, 1.54) is 37.6 Å². The molecule has 6 aromatic rings. The summed E-state index contributed by atoms with van der Waals surface area (Å²) in [5.74, 6) is -0.350. The zero-order valence-corrected chi connectivity index (χ0v) is 64.6. The lowest BCUT2D eigenvalue weighted by molar-refractivity contribution is -0.192. The van der Waals surface area contributed by atoms with Gasteiger partial charge in [-0.15, -0.1) is 23.2 Å². The number of fused-ring (bicyclic) bond motifs is 2. The number of aromatic nitrogens is 6. The number of anilines is 6. The third-order valence-electron chi connectivity index (χ3n) is 17.1. The van der Waals surface area contributed by atoms with Crippen LogP contribution >= 0.6 is 23.2 Å². The lowest BCUT2D eigenvalue weighted by atomic mass is 9.92. The van der Waals surface area contributed by atoms with Crippen molar-refractivity contribution >= 4 is 106 Å². The van der Waals surface area contributed by atoms with E-state index in [4.69, 9.17) is 67.2 Å². The van der Waals surface area contributed by atoms with Gasteiger partial charge in [0, 0.05) is 86.7 Å². The minimum atomic E-state index is -5.08. The van der Waals surface area contributed by atoms with E-state index in [1.807, 2.05) is 74.5 Å². The predicted octanol–water partition coefficient (Wildman–Crippen LogP) is 11.0. The molecule has 0 spiro atoms. The smallest absolute Gasteiger partial charge is 0.483 e. The zero-order chi connectivity index (χ0) is 82.7. The molecule has 0 aliphatic carbocycles. The van der Waals surface area contributed by atoms with Crippen LogP contribution in [0.3, 0.4) is 0 Å². The van der Waals surface area contributed by atoms with E-state index in [-0.39, 0.29) is 37.6 Å². The summed E-state index contributed by atoms with van der Waals surface area (Å²) in [6, 6.07) is 22.8. The number of nitrogens with one attached hydrogen (secondary N) is 8. The lowest BCUT2D eigenvalue weighted by Gasteiger charge is -2.34. The fourth-order valence-electron chi connectivity index (χ4n) is 11.6. The minimum Gasteiger partial charge on any atom is -0.483 e. The van der Waals surface area contributed by atoms with Gasteiger partial charge in [-0.05, 0) is 141 Å². The Morgan fingerprint density at radius 2 is 0.955 bits per heavy atom. The molecule has 2 saturated heterocycles. The van der Waals surface area contributed by atoms with Gasteiger partial charge in [0.25, 0.3) is 6.47 Å². The topological polar surface area (TPSA) is 405 Å². The first-order chi connectivity index (χ1) is 53.1. The van der Waals surface area contributed by atoms with Crippen LogP contribution in [0.15, 0.2) is 97.6 Å². The highest BCUT2D eigenvalue weighted by molar-refractivity contribution is 6.43. The number of carboxylic acids is 2. The largest absolute Gasteiger partial charge is 0.490 e. The number of benzene rings is 2. The molecule has 2 fully saturated rings. The predicted molar refractivity (Wildman–Crippen MR) is 407 cm³/mol. The van der Waals surface area contributed by atoms with Gasteiger partial charge in [-0.3, -0.25) is 19.2 Å². The number of hydrogen-bond donors (Lipinski definition) is 11. The van der Waals surface area contributed by atoms with Gasteiger partial charge in [0.05, 0.1) is 0 Å². The fraction of sp³-hybridized carbons (Fsp3) is 0.486. The number of ether oxygens (including phenoxy) is 3. The van der Waals surface area contributed by atoms with Crippen molar-refractivity contribution in [1.82, 2.24) is 51.2 Å². The van der Waals surface area contributed by atoms with E-state index in [1.54, 1.807) is 27.7 Å². The van der Waals surface area contributed by atoms with E-state index >= 15 is 0 Å². The molecule has 8 heterocycles. The van der Waals surface area contributed by atoms with Crippen molar-refractivity contribution < 1.29 is 94.2 Å². The number of esters is 1. The van der Waals surface area contributed by atoms with Gasteiger partial charge in [0.15, 0.2) is 0 Å². The Hall–Kier alpha value is -10.8. The van der Waals surface area contributed by atoms with Crippen LogP contribution in [0.5, 0.6) is 0 Å². The van der Waals surface area contributed by atoms with Crippen LogP contribution in [0.1, 0.15) is 137 Å². The molecule has 4 aliphatic heterocycles. The van der Waals surface area contributed by atoms with Crippen molar-refractivity contribution in [3.8, 4) is 0 Å². The van der Waals surface area contributed by atoms with E-state index in [0.29, 0.717) is 23.5 Å². The van der Waals surface area contributed by atoms with Gasteiger partial charge < -0.3 is 81.9 Å². The van der Waals surface area contributed by atoms with Crippen molar-refractivity contribution in [3.63, 3.8) is 0 Å². The molecule has 10 rings (SSSR count). The second kappa shape index (κ2) is 46.1. The summed E-state index contributed by atoms with van der Waals surface area (Å²) >= 11 is 10.1. The maximum atomic E-state index is 13.4. The molecule has 0 bridgehead atoms. The molecule has 2 aromatic carbocycles. The number of amides is 4. The Kier molecular flexibility index (Phi) is 37.8. The first kappa shape index (κ1) is 91.8. The average molecular weight is 1620 g/mol. The van der Waals surface area contributed by atoms with Crippen LogP contribution < -0.4 is 52.3 Å².